The van der Waals surface area contributed by atoms with Gasteiger partial charge in [0.25, 0.3) is 0 Å². The Morgan fingerprint density at radius 1 is 1.45 bits per heavy atom. The van der Waals surface area contributed by atoms with Gasteiger partial charge >= 0.3 is 0 Å². The van der Waals surface area contributed by atoms with Gasteiger partial charge in [-0.2, -0.15) is 9.57 Å². The second-order valence-electron chi connectivity index (χ2n) is 5.20. The largest absolute Gasteiger partial charge is 0.373 e. The predicted octanol–water partition coefficient (Wildman–Crippen LogP) is 2.01. The summed E-state index contributed by atoms with van der Waals surface area (Å²) in [7, 11) is -3.73. The number of nitrogens with zero attached hydrogens (tertiary/aromatic N) is 2. The van der Waals surface area contributed by atoms with Crippen molar-refractivity contribution in [3.05, 3.63) is 28.8 Å². The third-order valence-electron chi connectivity index (χ3n) is 3.07. The van der Waals surface area contributed by atoms with Crippen molar-refractivity contribution in [2.45, 2.75) is 24.3 Å². The Morgan fingerprint density at radius 3 is 2.75 bits per heavy atom. The van der Waals surface area contributed by atoms with Crippen LogP contribution in [0, 0.1) is 11.3 Å². The van der Waals surface area contributed by atoms with Crippen molar-refractivity contribution < 1.29 is 13.2 Å². The van der Waals surface area contributed by atoms with Crippen LogP contribution in [0.4, 0.5) is 0 Å². The highest BCUT2D eigenvalue weighted by Gasteiger charge is 2.35. The molecule has 108 valence electrons. The Kier molecular flexibility index (Phi) is 4.07. The Morgan fingerprint density at radius 2 is 2.15 bits per heavy atom. The van der Waals surface area contributed by atoms with E-state index in [1.165, 1.54) is 22.5 Å². The Hall–Kier alpha value is -1.13. The summed E-state index contributed by atoms with van der Waals surface area (Å²) in [4.78, 5) is -0.0316. The van der Waals surface area contributed by atoms with E-state index < -0.39 is 15.6 Å². The molecule has 0 aliphatic carbocycles. The first-order valence-corrected chi connectivity index (χ1v) is 7.92. The minimum absolute atomic E-state index is 0.0316. The molecule has 2 rings (SSSR count). The number of hydrogen-bond acceptors (Lipinski definition) is 4. The van der Waals surface area contributed by atoms with Gasteiger partial charge in [0, 0.05) is 13.1 Å². The van der Waals surface area contributed by atoms with Gasteiger partial charge in [-0.3, -0.25) is 0 Å². The third kappa shape index (κ3) is 2.96. The predicted molar refractivity (Wildman–Crippen MR) is 75.0 cm³/mol. The van der Waals surface area contributed by atoms with Gasteiger partial charge in [-0.05, 0) is 32.0 Å². The fourth-order valence-corrected chi connectivity index (χ4v) is 4.16. The van der Waals surface area contributed by atoms with Crippen LogP contribution in [0.3, 0.4) is 0 Å². The van der Waals surface area contributed by atoms with E-state index >= 15 is 0 Å². The summed E-state index contributed by atoms with van der Waals surface area (Å²) in [5.74, 6) is 0. The van der Waals surface area contributed by atoms with Crippen LogP contribution in [-0.2, 0) is 14.8 Å². The van der Waals surface area contributed by atoms with Crippen molar-refractivity contribution in [1.82, 2.24) is 4.31 Å². The van der Waals surface area contributed by atoms with Crippen molar-refractivity contribution in [3.8, 4) is 6.07 Å². The maximum Gasteiger partial charge on any atom is 0.244 e. The molecule has 0 radical (unpaired) electrons. The van der Waals surface area contributed by atoms with Crippen LogP contribution in [0.15, 0.2) is 23.1 Å². The molecular formula is C13H15ClN2O3S. The van der Waals surface area contributed by atoms with E-state index in [2.05, 4.69) is 0 Å². The van der Waals surface area contributed by atoms with Crippen molar-refractivity contribution in [3.63, 3.8) is 0 Å². The van der Waals surface area contributed by atoms with E-state index in [1.54, 1.807) is 0 Å². The fraction of sp³-hybridized carbons (Fsp3) is 0.462. The van der Waals surface area contributed by atoms with E-state index in [1.807, 2.05) is 19.9 Å². The van der Waals surface area contributed by atoms with Crippen molar-refractivity contribution in [2.24, 2.45) is 0 Å². The lowest BCUT2D eigenvalue weighted by Crippen LogP contribution is -2.50. The Bertz CT molecular complexity index is 665. The molecule has 1 aliphatic rings. The molecule has 0 spiro atoms. The molecule has 0 saturated carbocycles. The van der Waals surface area contributed by atoms with Gasteiger partial charge in [0.2, 0.25) is 10.0 Å². The van der Waals surface area contributed by atoms with Crippen molar-refractivity contribution in [1.29, 1.82) is 5.26 Å². The number of nitriles is 1. The van der Waals surface area contributed by atoms with Crippen molar-refractivity contribution >= 4 is 21.6 Å². The molecular weight excluding hydrogens is 300 g/mol. The standard InChI is InChI=1S/C13H15ClN2O3S/c1-13(2)9-16(5-6-19-13)20(17,18)12-7-10(8-15)3-4-11(12)14/h3-4,7H,5-6,9H2,1-2H3. The highest BCUT2D eigenvalue weighted by Crippen LogP contribution is 2.28. The summed E-state index contributed by atoms with van der Waals surface area (Å²) in [6.07, 6.45) is 0. The van der Waals surface area contributed by atoms with Crippen LogP contribution in [0.5, 0.6) is 0 Å². The first kappa shape index (κ1) is 15.3. The highest BCUT2D eigenvalue weighted by atomic mass is 35.5. The average Bonchev–Trinajstić information content (AvgIpc) is 2.38. The van der Waals surface area contributed by atoms with Crippen LogP contribution in [0.1, 0.15) is 19.4 Å². The molecule has 1 aromatic rings. The molecule has 1 fully saturated rings. The van der Waals surface area contributed by atoms with Crippen LogP contribution >= 0.6 is 11.6 Å². The molecule has 0 amide bonds. The maximum atomic E-state index is 12.6. The summed E-state index contributed by atoms with van der Waals surface area (Å²) in [6, 6.07) is 6.15. The molecule has 5 nitrogen and oxygen atoms in total. The molecule has 7 heteroatoms. The quantitative estimate of drug-likeness (QED) is 0.837. The van der Waals surface area contributed by atoms with Crippen LogP contribution in [-0.4, -0.2) is 38.0 Å². The zero-order valence-corrected chi connectivity index (χ0v) is 12.8. The summed E-state index contributed by atoms with van der Waals surface area (Å²) >= 11 is 5.98. The van der Waals surface area contributed by atoms with E-state index in [-0.39, 0.29) is 28.6 Å². The monoisotopic (exact) mass is 314 g/mol. The molecule has 0 unspecified atom stereocenters. The fourth-order valence-electron chi connectivity index (χ4n) is 2.09. The number of halogens is 1. The lowest BCUT2D eigenvalue weighted by Gasteiger charge is -2.37. The number of rotatable bonds is 2. The van der Waals surface area contributed by atoms with Crippen molar-refractivity contribution in [2.75, 3.05) is 19.7 Å². The topological polar surface area (TPSA) is 70.4 Å². The molecule has 0 N–H and O–H groups in total. The molecule has 20 heavy (non-hydrogen) atoms. The minimum Gasteiger partial charge on any atom is -0.373 e. The smallest absolute Gasteiger partial charge is 0.244 e. The lowest BCUT2D eigenvalue weighted by atomic mass is 10.1. The molecule has 1 aliphatic heterocycles. The van der Waals surface area contributed by atoms with Gasteiger partial charge in [0.15, 0.2) is 0 Å². The average molecular weight is 315 g/mol. The highest BCUT2D eigenvalue weighted by molar-refractivity contribution is 7.89. The van der Waals surface area contributed by atoms with Gasteiger partial charge in [-0.1, -0.05) is 11.6 Å². The number of ether oxygens (including phenoxy) is 1. The van der Waals surface area contributed by atoms with Gasteiger partial charge < -0.3 is 4.74 Å². The van der Waals surface area contributed by atoms with Gasteiger partial charge in [-0.15, -0.1) is 0 Å². The second-order valence-corrected chi connectivity index (χ2v) is 7.52. The number of hydrogen-bond donors (Lipinski definition) is 0. The van der Waals surface area contributed by atoms with E-state index in [9.17, 15) is 8.42 Å². The summed E-state index contributed by atoms with van der Waals surface area (Å²) in [5.41, 5.74) is -0.273. The number of morpholine rings is 1. The first-order chi connectivity index (χ1) is 9.26. The van der Waals surface area contributed by atoms with Crippen LogP contribution in [0.2, 0.25) is 5.02 Å². The van der Waals surface area contributed by atoms with Gasteiger partial charge in [-0.25, -0.2) is 8.42 Å². The van der Waals surface area contributed by atoms with E-state index in [4.69, 9.17) is 21.6 Å². The van der Waals surface area contributed by atoms with Crippen LogP contribution < -0.4 is 0 Å². The zero-order chi connectivity index (χ0) is 15.0. The SMILES string of the molecule is CC1(C)CN(S(=O)(=O)c2cc(C#N)ccc2Cl)CCO1. The van der Waals surface area contributed by atoms with Crippen LogP contribution in [0.25, 0.3) is 0 Å². The van der Waals surface area contributed by atoms with E-state index in [0.29, 0.717) is 6.61 Å². The third-order valence-corrected chi connectivity index (χ3v) is 5.40. The second kappa shape index (κ2) is 5.34. The normalized spacial score (nSPS) is 19.5. The summed E-state index contributed by atoms with van der Waals surface area (Å²) in [6.45, 7) is 4.53. The molecule has 0 bridgehead atoms. The Labute approximate surface area is 123 Å². The zero-order valence-electron chi connectivity index (χ0n) is 11.3. The molecule has 1 saturated heterocycles. The number of benzene rings is 1. The molecule has 0 atom stereocenters. The molecule has 1 aromatic carbocycles. The minimum atomic E-state index is -3.73. The summed E-state index contributed by atoms with van der Waals surface area (Å²) in [5, 5.41) is 9.01. The molecule has 1 heterocycles. The number of sulfonamides is 1. The van der Waals surface area contributed by atoms with Gasteiger partial charge in [0.1, 0.15) is 4.90 Å². The lowest BCUT2D eigenvalue weighted by molar-refractivity contribution is -0.0640. The van der Waals surface area contributed by atoms with E-state index in [0.717, 1.165) is 0 Å². The van der Waals surface area contributed by atoms with Gasteiger partial charge in [0.05, 0.1) is 28.9 Å². The maximum absolute atomic E-state index is 12.6. The summed E-state index contributed by atoms with van der Waals surface area (Å²) < 4.78 is 32.1. The Balaban J connectivity index is 2.43. The molecule has 0 aromatic heterocycles. The first-order valence-electron chi connectivity index (χ1n) is 6.10.